The van der Waals surface area contributed by atoms with E-state index < -0.39 is 11.4 Å². The molecule has 4 atom stereocenters. The van der Waals surface area contributed by atoms with Crippen molar-refractivity contribution in [2.45, 2.75) is 56.8 Å². The van der Waals surface area contributed by atoms with Gasteiger partial charge >= 0.3 is 0 Å². The fourth-order valence-electron chi connectivity index (χ4n) is 3.69. The lowest BCUT2D eigenvalue weighted by Gasteiger charge is -2.38. The fourth-order valence-corrected chi connectivity index (χ4v) is 3.69. The first-order valence-corrected chi connectivity index (χ1v) is 8.52. The molecule has 0 bridgehead atoms. The van der Waals surface area contributed by atoms with Crippen molar-refractivity contribution < 1.29 is 23.7 Å². The van der Waals surface area contributed by atoms with Gasteiger partial charge in [0.25, 0.3) is 0 Å². The molecule has 1 aromatic rings. The van der Waals surface area contributed by atoms with E-state index >= 15 is 0 Å². The third-order valence-corrected chi connectivity index (χ3v) is 4.81. The predicted octanol–water partition coefficient (Wildman–Crippen LogP) is 2.79. The van der Waals surface area contributed by atoms with Crippen LogP contribution in [0, 0.1) is 0 Å². The van der Waals surface area contributed by atoms with Crippen LogP contribution in [0.2, 0.25) is 0 Å². The van der Waals surface area contributed by atoms with Gasteiger partial charge in [-0.3, -0.25) is 0 Å². The molecule has 5 heteroatoms. The largest absolute Gasteiger partial charge is 0.377 e. The van der Waals surface area contributed by atoms with Crippen molar-refractivity contribution in [2.24, 2.45) is 0 Å². The summed E-state index contributed by atoms with van der Waals surface area (Å²) in [7, 11) is 0. The summed E-state index contributed by atoms with van der Waals surface area (Å²) in [4.78, 5) is 0. The van der Waals surface area contributed by atoms with E-state index in [0.29, 0.717) is 26.2 Å². The van der Waals surface area contributed by atoms with Gasteiger partial charge in [0, 0.05) is 13.0 Å². The lowest BCUT2D eigenvalue weighted by molar-refractivity contribution is -0.233. The van der Waals surface area contributed by atoms with Crippen LogP contribution < -0.4 is 0 Å². The number of hydrogen-bond donors (Lipinski definition) is 0. The minimum Gasteiger partial charge on any atom is -0.377 e. The molecule has 0 saturated carbocycles. The van der Waals surface area contributed by atoms with Crippen LogP contribution in [0.15, 0.2) is 42.5 Å². The van der Waals surface area contributed by atoms with Crippen LogP contribution in [0.25, 0.3) is 0 Å². The van der Waals surface area contributed by atoms with E-state index in [1.807, 2.05) is 38.1 Å². The predicted molar refractivity (Wildman–Crippen MR) is 87.2 cm³/mol. The van der Waals surface area contributed by atoms with Crippen LogP contribution in [-0.2, 0) is 30.3 Å². The number of benzene rings is 1. The summed E-state index contributed by atoms with van der Waals surface area (Å²) >= 11 is 0. The molecule has 2 fully saturated rings. The van der Waals surface area contributed by atoms with E-state index in [1.54, 1.807) is 0 Å². The minimum absolute atomic E-state index is 0.155. The molecule has 24 heavy (non-hydrogen) atoms. The Hall–Kier alpha value is -1.24. The molecule has 3 heterocycles. The molecule has 0 aromatic heterocycles. The lowest BCUT2D eigenvalue weighted by Crippen LogP contribution is -2.52. The van der Waals surface area contributed by atoms with Crippen LogP contribution in [-0.4, -0.2) is 43.1 Å². The molecular formula is C19H24O5. The molecule has 3 aliphatic rings. The van der Waals surface area contributed by atoms with Crippen LogP contribution in [0.5, 0.6) is 0 Å². The smallest absolute Gasteiger partial charge is 0.190 e. The highest BCUT2D eigenvalue weighted by Gasteiger charge is 2.64. The summed E-state index contributed by atoms with van der Waals surface area (Å²) in [6.07, 6.45) is 3.97. The Morgan fingerprint density at radius 3 is 2.83 bits per heavy atom. The van der Waals surface area contributed by atoms with Crippen LogP contribution >= 0.6 is 0 Å². The van der Waals surface area contributed by atoms with Gasteiger partial charge in [-0.05, 0) is 19.4 Å². The van der Waals surface area contributed by atoms with Gasteiger partial charge in [-0.15, -0.1) is 0 Å². The standard InChI is InChI=1S/C19H24O5/c1-18(2)23-16-17(24-18)22-15-9-6-11-21-19(15,16)10-12-20-13-14-7-4-3-5-8-14/h3-9,15-17H,10-13H2,1-2H3/t15-,16+,17-,19-/m1/s1. The van der Waals surface area contributed by atoms with Gasteiger partial charge in [0.2, 0.25) is 0 Å². The molecule has 0 N–H and O–H groups in total. The van der Waals surface area contributed by atoms with Gasteiger partial charge in [-0.2, -0.15) is 0 Å². The number of fused-ring (bicyclic) bond motifs is 3. The van der Waals surface area contributed by atoms with Gasteiger partial charge in [-0.1, -0.05) is 42.5 Å². The molecule has 0 aliphatic carbocycles. The van der Waals surface area contributed by atoms with Crippen LogP contribution in [0.3, 0.4) is 0 Å². The molecule has 0 amide bonds. The second-order valence-electron chi connectivity index (χ2n) is 6.96. The minimum atomic E-state index is -0.650. The maximum Gasteiger partial charge on any atom is 0.190 e. The summed E-state index contributed by atoms with van der Waals surface area (Å²) in [5.41, 5.74) is 0.627. The average Bonchev–Trinajstić information content (AvgIpc) is 3.03. The highest BCUT2D eigenvalue weighted by atomic mass is 16.8. The summed E-state index contributed by atoms with van der Waals surface area (Å²) in [6.45, 7) is 5.54. The fraction of sp³-hybridized carbons (Fsp3) is 0.579. The molecule has 0 unspecified atom stereocenters. The van der Waals surface area contributed by atoms with Gasteiger partial charge in [0.1, 0.15) is 17.8 Å². The molecule has 3 aliphatic heterocycles. The first-order valence-electron chi connectivity index (χ1n) is 8.52. The molecule has 130 valence electrons. The Labute approximate surface area is 142 Å². The topological polar surface area (TPSA) is 46.2 Å². The molecule has 2 saturated heterocycles. The molecular weight excluding hydrogens is 308 g/mol. The van der Waals surface area contributed by atoms with Crippen molar-refractivity contribution in [3.8, 4) is 0 Å². The van der Waals surface area contributed by atoms with Crippen molar-refractivity contribution in [1.29, 1.82) is 0 Å². The van der Waals surface area contributed by atoms with Gasteiger partial charge < -0.3 is 23.7 Å². The Bertz CT molecular complexity index is 599. The maximum atomic E-state index is 6.15. The van der Waals surface area contributed by atoms with Gasteiger partial charge in [0.05, 0.1) is 13.2 Å². The average molecular weight is 332 g/mol. The Morgan fingerprint density at radius 1 is 1.17 bits per heavy atom. The maximum absolute atomic E-state index is 6.15. The molecule has 0 radical (unpaired) electrons. The van der Waals surface area contributed by atoms with E-state index in [1.165, 1.54) is 0 Å². The van der Waals surface area contributed by atoms with Gasteiger partial charge in [-0.25, -0.2) is 0 Å². The first kappa shape index (κ1) is 16.2. The summed E-state index contributed by atoms with van der Waals surface area (Å²) in [5.74, 6) is -0.650. The molecule has 1 aromatic carbocycles. The zero-order valence-corrected chi connectivity index (χ0v) is 14.1. The van der Waals surface area contributed by atoms with E-state index in [4.69, 9.17) is 23.7 Å². The summed E-state index contributed by atoms with van der Waals surface area (Å²) in [6, 6.07) is 10.2. The lowest BCUT2D eigenvalue weighted by atomic mass is 9.87. The second kappa shape index (κ2) is 6.24. The van der Waals surface area contributed by atoms with Crippen molar-refractivity contribution in [3.63, 3.8) is 0 Å². The molecule has 5 nitrogen and oxygen atoms in total. The highest BCUT2D eigenvalue weighted by molar-refractivity contribution is 5.16. The number of ether oxygens (including phenoxy) is 5. The van der Waals surface area contributed by atoms with Crippen molar-refractivity contribution >= 4 is 0 Å². The number of hydrogen-bond acceptors (Lipinski definition) is 5. The van der Waals surface area contributed by atoms with E-state index in [-0.39, 0.29) is 18.5 Å². The Balaban J connectivity index is 1.42. The van der Waals surface area contributed by atoms with Crippen molar-refractivity contribution in [3.05, 3.63) is 48.0 Å². The Morgan fingerprint density at radius 2 is 2.00 bits per heavy atom. The SMILES string of the molecule is CC1(C)O[C@H]2O[C@@H]3C=CCO[C@@]3(CCOCc3ccccc3)[C@H]2O1. The summed E-state index contributed by atoms with van der Waals surface area (Å²) in [5, 5.41) is 0. The third kappa shape index (κ3) is 2.91. The normalized spacial score (nSPS) is 36.5. The molecule has 4 rings (SSSR count). The van der Waals surface area contributed by atoms with Crippen molar-refractivity contribution in [2.75, 3.05) is 13.2 Å². The zero-order chi connectivity index (χ0) is 16.6. The first-order chi connectivity index (χ1) is 11.6. The van der Waals surface area contributed by atoms with Crippen LogP contribution in [0.1, 0.15) is 25.8 Å². The third-order valence-electron chi connectivity index (χ3n) is 4.81. The second-order valence-corrected chi connectivity index (χ2v) is 6.96. The summed E-state index contributed by atoms with van der Waals surface area (Å²) < 4.78 is 30.0. The molecule has 0 spiro atoms. The van der Waals surface area contributed by atoms with Crippen molar-refractivity contribution in [1.82, 2.24) is 0 Å². The van der Waals surface area contributed by atoms with Crippen LogP contribution in [0.4, 0.5) is 0 Å². The highest BCUT2D eigenvalue weighted by Crippen LogP contribution is 2.48. The van der Waals surface area contributed by atoms with E-state index in [0.717, 1.165) is 5.56 Å². The van der Waals surface area contributed by atoms with E-state index in [2.05, 4.69) is 18.2 Å². The quantitative estimate of drug-likeness (QED) is 0.613. The Kier molecular flexibility index (Phi) is 4.22. The van der Waals surface area contributed by atoms with Gasteiger partial charge in [0.15, 0.2) is 12.1 Å². The zero-order valence-electron chi connectivity index (χ0n) is 14.1. The van der Waals surface area contributed by atoms with E-state index in [9.17, 15) is 0 Å². The monoisotopic (exact) mass is 332 g/mol. The number of rotatable bonds is 5.